The second-order valence-corrected chi connectivity index (χ2v) is 11.3. The van der Waals surface area contributed by atoms with Crippen LogP contribution < -0.4 is 5.32 Å². The zero-order chi connectivity index (χ0) is 24.1. The number of benzene rings is 1. The average Bonchev–Trinajstić information content (AvgIpc) is 3.50. The lowest BCUT2D eigenvalue weighted by Gasteiger charge is -2.21. The van der Waals surface area contributed by atoms with Crippen molar-refractivity contribution in [3.05, 3.63) is 48.8 Å². The van der Waals surface area contributed by atoms with Gasteiger partial charge in [0.2, 0.25) is 0 Å². The Balaban J connectivity index is 1.47. The summed E-state index contributed by atoms with van der Waals surface area (Å²) in [6.45, 7) is 5.49. The van der Waals surface area contributed by atoms with Gasteiger partial charge in [0.25, 0.3) is 10.0 Å². The lowest BCUT2D eigenvalue weighted by molar-refractivity contribution is 0.0504. The van der Waals surface area contributed by atoms with Crippen molar-refractivity contribution >= 4 is 38.2 Å². The van der Waals surface area contributed by atoms with Gasteiger partial charge in [0.1, 0.15) is 16.6 Å². The fraction of sp³-hybridized carbons (Fsp3) is 0.391. The number of nitrogens with zero attached hydrogens (tertiary/aromatic N) is 5. The topological polar surface area (TPSA) is 121 Å². The molecule has 0 bridgehead atoms. The Morgan fingerprint density at radius 3 is 2.65 bits per heavy atom. The molecule has 1 aromatic carbocycles. The Bertz CT molecular complexity index is 1470. The number of amides is 1. The molecule has 10 nitrogen and oxygen atoms in total. The predicted molar refractivity (Wildman–Crippen MR) is 126 cm³/mol. The molecule has 3 aromatic heterocycles. The third-order valence-corrected chi connectivity index (χ3v) is 7.56. The summed E-state index contributed by atoms with van der Waals surface area (Å²) in [5, 5.41) is 12.2. The monoisotopic (exact) mass is 482 g/mol. The van der Waals surface area contributed by atoms with Gasteiger partial charge in [-0.2, -0.15) is 0 Å². The minimum atomic E-state index is -3.80. The number of alkyl carbamates (subject to hydrolysis) is 1. The molecule has 1 amide bonds. The van der Waals surface area contributed by atoms with Crippen LogP contribution in [0.4, 0.5) is 4.79 Å². The van der Waals surface area contributed by atoms with Crippen LogP contribution in [0.2, 0.25) is 0 Å². The number of hydrogen-bond acceptors (Lipinski definition) is 7. The van der Waals surface area contributed by atoms with Gasteiger partial charge >= 0.3 is 6.09 Å². The average molecular weight is 483 g/mol. The van der Waals surface area contributed by atoms with Crippen LogP contribution >= 0.6 is 0 Å². The summed E-state index contributed by atoms with van der Waals surface area (Å²) in [5.74, 6) is 0. The first-order valence-corrected chi connectivity index (χ1v) is 12.6. The first kappa shape index (κ1) is 22.3. The van der Waals surface area contributed by atoms with E-state index in [0.29, 0.717) is 23.0 Å². The second kappa shape index (κ2) is 8.08. The van der Waals surface area contributed by atoms with E-state index in [1.165, 1.54) is 10.2 Å². The van der Waals surface area contributed by atoms with Crippen molar-refractivity contribution in [3.8, 4) is 0 Å². The van der Waals surface area contributed by atoms with Gasteiger partial charge in [-0.25, -0.2) is 26.9 Å². The maximum Gasteiger partial charge on any atom is 0.407 e. The summed E-state index contributed by atoms with van der Waals surface area (Å²) in [5.41, 5.74) is 1.08. The zero-order valence-electron chi connectivity index (χ0n) is 19.2. The molecule has 5 rings (SSSR count). The predicted octanol–water partition coefficient (Wildman–Crippen LogP) is 3.64. The van der Waals surface area contributed by atoms with Gasteiger partial charge < -0.3 is 10.1 Å². The number of rotatable bonds is 4. The number of fused-ring (bicyclic) bond motifs is 3. The Labute approximate surface area is 197 Å². The van der Waals surface area contributed by atoms with E-state index in [-0.39, 0.29) is 17.0 Å². The molecule has 0 unspecified atom stereocenters. The number of aromatic nitrogens is 5. The molecule has 34 heavy (non-hydrogen) atoms. The smallest absolute Gasteiger partial charge is 0.407 e. The van der Waals surface area contributed by atoms with E-state index in [1.807, 2.05) is 25.5 Å². The van der Waals surface area contributed by atoms with Crippen LogP contribution in [0.3, 0.4) is 0 Å². The summed E-state index contributed by atoms with van der Waals surface area (Å²) in [7, 11) is -3.80. The van der Waals surface area contributed by atoms with Gasteiger partial charge in [0.15, 0.2) is 5.65 Å². The first-order chi connectivity index (χ1) is 16.1. The van der Waals surface area contributed by atoms with Gasteiger partial charge in [0.05, 0.1) is 17.1 Å². The van der Waals surface area contributed by atoms with Crippen molar-refractivity contribution in [1.82, 2.24) is 29.3 Å². The molecule has 178 valence electrons. The zero-order valence-corrected chi connectivity index (χ0v) is 20.0. The summed E-state index contributed by atoms with van der Waals surface area (Å²) in [4.78, 5) is 16.7. The van der Waals surface area contributed by atoms with Crippen LogP contribution in [0.5, 0.6) is 0 Å². The Morgan fingerprint density at radius 2 is 1.91 bits per heavy atom. The minimum Gasteiger partial charge on any atom is -0.444 e. The molecule has 0 spiro atoms. The van der Waals surface area contributed by atoms with Gasteiger partial charge in [-0.1, -0.05) is 23.4 Å². The normalized spacial score (nSPS) is 19.0. The number of carbonyl (C=O) groups excluding carboxylic acids is 1. The van der Waals surface area contributed by atoms with Crippen LogP contribution in [-0.2, 0) is 14.8 Å². The van der Waals surface area contributed by atoms with Crippen LogP contribution in [0.25, 0.3) is 22.1 Å². The maximum absolute atomic E-state index is 13.2. The number of pyridine rings is 1. The largest absolute Gasteiger partial charge is 0.444 e. The molecular formula is C23H26N6O4S. The Hall–Kier alpha value is -3.47. The molecule has 3 heterocycles. The summed E-state index contributed by atoms with van der Waals surface area (Å²) in [6, 6.07) is 9.95. The lowest BCUT2D eigenvalue weighted by Crippen LogP contribution is -2.38. The SMILES string of the molecule is CC(C)(C)OC(=O)N[C@H]1CC[C@H](n2nnc3cnc4c(ccn4S(=O)(=O)c4ccccc4)c32)C1. The molecule has 4 aromatic rings. The van der Waals surface area contributed by atoms with Gasteiger partial charge in [-0.05, 0) is 58.2 Å². The number of hydrogen-bond donors (Lipinski definition) is 1. The highest BCUT2D eigenvalue weighted by molar-refractivity contribution is 7.90. The van der Waals surface area contributed by atoms with Gasteiger partial charge in [-0.15, -0.1) is 5.10 Å². The van der Waals surface area contributed by atoms with Gasteiger partial charge in [-0.3, -0.25) is 0 Å². The quantitative estimate of drug-likeness (QED) is 0.471. The number of carbonyl (C=O) groups is 1. The molecule has 0 radical (unpaired) electrons. The molecule has 0 saturated heterocycles. The van der Waals surface area contributed by atoms with Crippen molar-refractivity contribution in [2.24, 2.45) is 0 Å². The molecular weight excluding hydrogens is 456 g/mol. The third-order valence-electron chi connectivity index (χ3n) is 5.88. The highest BCUT2D eigenvalue weighted by atomic mass is 32.2. The van der Waals surface area contributed by atoms with Crippen molar-refractivity contribution in [2.45, 2.75) is 62.6 Å². The number of ether oxygens (including phenoxy) is 1. The standard InChI is InChI=1S/C23H26N6O4S/c1-23(2,3)33-22(30)25-15-9-10-16(13-15)29-20-18-11-12-28(21(18)24-14-19(20)26-27-29)34(31,32)17-7-5-4-6-8-17/h4-8,11-12,14-16H,9-10,13H2,1-3H3,(H,25,30)/t15-,16-/m0/s1. The Kier molecular flexibility index (Phi) is 5.31. The molecule has 1 saturated carbocycles. The van der Waals surface area contributed by atoms with Crippen LogP contribution in [-0.4, -0.2) is 50.1 Å². The van der Waals surface area contributed by atoms with Crippen molar-refractivity contribution in [2.75, 3.05) is 0 Å². The fourth-order valence-corrected chi connectivity index (χ4v) is 5.76. The molecule has 1 aliphatic carbocycles. The van der Waals surface area contributed by atoms with Gasteiger partial charge in [0, 0.05) is 17.6 Å². The molecule has 0 aliphatic heterocycles. The Morgan fingerprint density at radius 1 is 1.15 bits per heavy atom. The maximum atomic E-state index is 13.2. The van der Waals surface area contributed by atoms with E-state index in [9.17, 15) is 13.2 Å². The lowest BCUT2D eigenvalue weighted by atomic mass is 10.2. The summed E-state index contributed by atoms with van der Waals surface area (Å²) in [6.07, 6.45) is 4.87. The molecule has 1 N–H and O–H groups in total. The van der Waals surface area contributed by atoms with Crippen molar-refractivity contribution < 1.29 is 17.9 Å². The summed E-state index contributed by atoms with van der Waals surface area (Å²) < 4.78 is 34.8. The van der Waals surface area contributed by atoms with Crippen LogP contribution in [0.15, 0.2) is 53.7 Å². The molecule has 2 atom stereocenters. The molecule has 1 aliphatic rings. The third kappa shape index (κ3) is 4.00. The first-order valence-electron chi connectivity index (χ1n) is 11.1. The second-order valence-electron chi connectivity index (χ2n) is 9.50. The highest BCUT2D eigenvalue weighted by Crippen LogP contribution is 2.34. The fourth-order valence-electron chi connectivity index (χ4n) is 4.43. The van der Waals surface area contributed by atoms with Crippen LogP contribution in [0.1, 0.15) is 46.1 Å². The van der Waals surface area contributed by atoms with E-state index in [0.717, 1.165) is 18.4 Å². The molecule has 1 fully saturated rings. The van der Waals surface area contributed by atoms with E-state index < -0.39 is 21.7 Å². The summed E-state index contributed by atoms with van der Waals surface area (Å²) >= 11 is 0. The molecule has 11 heteroatoms. The minimum absolute atomic E-state index is 0.00428. The highest BCUT2D eigenvalue weighted by Gasteiger charge is 2.31. The van der Waals surface area contributed by atoms with E-state index in [2.05, 4.69) is 20.6 Å². The van der Waals surface area contributed by atoms with E-state index in [1.54, 1.807) is 42.6 Å². The van der Waals surface area contributed by atoms with Crippen LogP contribution in [0, 0.1) is 0 Å². The number of nitrogens with one attached hydrogen (secondary N) is 1. The van der Waals surface area contributed by atoms with Crippen molar-refractivity contribution in [1.29, 1.82) is 0 Å². The van der Waals surface area contributed by atoms with E-state index >= 15 is 0 Å². The van der Waals surface area contributed by atoms with Crippen molar-refractivity contribution in [3.63, 3.8) is 0 Å². The van der Waals surface area contributed by atoms with E-state index in [4.69, 9.17) is 4.74 Å².